The molecule has 1 rings (SSSR count). The van der Waals surface area contributed by atoms with Gasteiger partial charge in [0, 0.05) is 31.3 Å². The summed E-state index contributed by atoms with van der Waals surface area (Å²) in [7, 11) is 0. The molecule has 5 amide bonds. The van der Waals surface area contributed by atoms with Gasteiger partial charge in [-0.25, -0.2) is 4.79 Å². The van der Waals surface area contributed by atoms with Crippen LogP contribution in [-0.4, -0.2) is 62.6 Å². The van der Waals surface area contributed by atoms with E-state index in [0.29, 0.717) is 37.6 Å². The Morgan fingerprint density at radius 2 is 1.57 bits per heavy atom. The third-order valence-electron chi connectivity index (χ3n) is 5.49. The highest BCUT2D eigenvalue weighted by molar-refractivity contribution is 5.93. The minimum atomic E-state index is -0.443. The van der Waals surface area contributed by atoms with Gasteiger partial charge >= 0.3 is 12.0 Å². The van der Waals surface area contributed by atoms with Crippen molar-refractivity contribution in [1.82, 2.24) is 16.0 Å². The van der Waals surface area contributed by atoms with Crippen molar-refractivity contribution in [1.29, 1.82) is 0 Å². The molecule has 0 heterocycles. The van der Waals surface area contributed by atoms with Gasteiger partial charge in [0.2, 0.25) is 18.2 Å². The predicted octanol–water partition coefficient (Wildman–Crippen LogP) is 3.49. The normalized spacial score (nSPS) is 10.7. The first-order chi connectivity index (χ1) is 19.9. The second-order valence-electron chi connectivity index (χ2n) is 10.1. The lowest BCUT2D eigenvalue weighted by atomic mass is 10.1. The predicted molar refractivity (Wildman–Crippen MR) is 164 cm³/mol. The molecule has 12 nitrogen and oxygen atoms in total. The zero-order valence-electron chi connectivity index (χ0n) is 26.4. The number of unbranched alkanes of at least 4 members (excludes halogenated alkanes) is 1. The number of anilines is 1. The van der Waals surface area contributed by atoms with E-state index in [4.69, 9.17) is 15.2 Å². The van der Waals surface area contributed by atoms with E-state index in [2.05, 4.69) is 42.0 Å². The Morgan fingerprint density at radius 1 is 0.929 bits per heavy atom. The summed E-state index contributed by atoms with van der Waals surface area (Å²) < 4.78 is 10.4. The molecule has 240 valence electrons. The van der Waals surface area contributed by atoms with Crippen LogP contribution in [0.25, 0.3) is 0 Å². The number of urea groups is 1. The molecule has 12 heteroatoms. The first kappa shape index (κ1) is 40.5. The van der Waals surface area contributed by atoms with Gasteiger partial charge in [-0.05, 0) is 43.4 Å². The van der Waals surface area contributed by atoms with E-state index in [-0.39, 0.29) is 42.9 Å². The minimum Gasteiger partial charge on any atom is -0.461 e. The Hall–Kier alpha value is -3.67. The van der Waals surface area contributed by atoms with Gasteiger partial charge in [-0.3, -0.25) is 19.2 Å². The molecule has 0 aliphatic heterocycles. The van der Waals surface area contributed by atoms with Crippen LogP contribution < -0.4 is 27.0 Å². The number of ether oxygens (including phenoxy) is 2. The highest BCUT2D eigenvalue weighted by atomic mass is 16.5. The second kappa shape index (κ2) is 26.2. The van der Waals surface area contributed by atoms with Crippen molar-refractivity contribution in [3.8, 4) is 0 Å². The van der Waals surface area contributed by atoms with Crippen LogP contribution in [0, 0.1) is 11.8 Å². The van der Waals surface area contributed by atoms with Crippen LogP contribution in [0.15, 0.2) is 24.3 Å². The van der Waals surface area contributed by atoms with Crippen LogP contribution in [0.2, 0.25) is 0 Å². The van der Waals surface area contributed by atoms with Gasteiger partial charge in [0.1, 0.15) is 6.61 Å². The minimum absolute atomic E-state index is 0.0722. The molecule has 1 atom stereocenters. The van der Waals surface area contributed by atoms with Crippen LogP contribution in [-0.2, 0) is 35.3 Å². The molecule has 0 fully saturated rings. The monoisotopic (exact) mass is 595 g/mol. The van der Waals surface area contributed by atoms with E-state index in [1.165, 1.54) is 0 Å². The van der Waals surface area contributed by atoms with Gasteiger partial charge in [0.25, 0.3) is 0 Å². The molecule has 0 bridgehead atoms. The molecular formula is C30H53N5O7. The number of carbonyl (C=O) groups excluding carboxylic acids is 5. The maximum Gasteiger partial charge on any atom is 0.312 e. The van der Waals surface area contributed by atoms with Gasteiger partial charge in [0.05, 0.1) is 19.1 Å². The lowest BCUT2D eigenvalue weighted by Crippen LogP contribution is -2.36. The van der Waals surface area contributed by atoms with Crippen LogP contribution in [0.4, 0.5) is 10.5 Å². The van der Waals surface area contributed by atoms with E-state index in [1.807, 2.05) is 13.8 Å². The summed E-state index contributed by atoms with van der Waals surface area (Å²) >= 11 is 0. The fraction of sp³-hybridized carbons (Fsp3) is 0.633. The largest absolute Gasteiger partial charge is 0.461 e. The lowest BCUT2D eigenvalue weighted by molar-refractivity contribution is -0.148. The maximum atomic E-state index is 11.4. The van der Waals surface area contributed by atoms with Gasteiger partial charge in [-0.1, -0.05) is 60.1 Å². The summed E-state index contributed by atoms with van der Waals surface area (Å²) in [6.45, 7) is 16.0. The van der Waals surface area contributed by atoms with Crippen LogP contribution in [0.5, 0.6) is 0 Å². The Bertz CT molecular complexity index is 893. The molecule has 6 N–H and O–H groups in total. The summed E-state index contributed by atoms with van der Waals surface area (Å²) in [5.41, 5.74) is 6.18. The molecule has 0 aliphatic carbocycles. The Balaban J connectivity index is 0. The SMILES string of the molecule is CC(C)C(=O)OCc1ccc(NC(=O)CNC=O)cc1.CCCCOCCC(=O)NC(C)C(C)C.CCCNC(N)=O. The smallest absolute Gasteiger partial charge is 0.312 e. The van der Waals surface area contributed by atoms with Crippen molar-refractivity contribution >= 4 is 35.9 Å². The molecule has 1 aromatic rings. The van der Waals surface area contributed by atoms with E-state index < -0.39 is 6.03 Å². The Kier molecular flexibility index (Phi) is 25.3. The molecule has 0 saturated carbocycles. The average molecular weight is 596 g/mol. The van der Waals surface area contributed by atoms with Crippen molar-refractivity contribution in [3.63, 3.8) is 0 Å². The molecule has 1 aromatic carbocycles. The van der Waals surface area contributed by atoms with E-state index >= 15 is 0 Å². The van der Waals surface area contributed by atoms with E-state index in [0.717, 1.165) is 31.4 Å². The third kappa shape index (κ3) is 25.3. The number of rotatable bonds is 17. The number of amides is 5. The standard InChI is InChI=1S/C14H18N2O4.C12H25NO2.C4H10N2O/c1-10(2)14(19)20-8-11-3-5-12(6-4-11)16-13(18)7-15-9-17;1-5-6-8-15-9-7-12(14)13-11(4)10(2)3;1-2-3-6-4(5)7/h3-6,9-10H,7-8H2,1-2H3,(H,15,17)(H,16,18);10-11H,5-9H2,1-4H3,(H,13,14);2-3H2,1H3,(H3,5,6,7). The fourth-order valence-electron chi connectivity index (χ4n) is 2.60. The topological polar surface area (TPSA) is 178 Å². The van der Waals surface area contributed by atoms with Crippen molar-refractivity contribution in [2.24, 2.45) is 17.6 Å². The number of hydrogen-bond donors (Lipinski definition) is 5. The van der Waals surface area contributed by atoms with Crippen LogP contribution >= 0.6 is 0 Å². The number of primary amides is 1. The van der Waals surface area contributed by atoms with E-state index in [9.17, 15) is 24.0 Å². The summed E-state index contributed by atoms with van der Waals surface area (Å²) in [6, 6.07) is 6.73. The number of benzene rings is 1. The van der Waals surface area contributed by atoms with Gasteiger partial charge in [-0.15, -0.1) is 0 Å². The zero-order valence-corrected chi connectivity index (χ0v) is 26.4. The molecule has 0 aromatic heterocycles. The van der Waals surface area contributed by atoms with Crippen LogP contribution in [0.1, 0.15) is 79.7 Å². The van der Waals surface area contributed by atoms with Gasteiger partial charge in [-0.2, -0.15) is 0 Å². The van der Waals surface area contributed by atoms with Crippen molar-refractivity contribution in [3.05, 3.63) is 29.8 Å². The van der Waals surface area contributed by atoms with Crippen molar-refractivity contribution in [2.45, 2.75) is 86.8 Å². The number of esters is 1. The third-order valence-corrected chi connectivity index (χ3v) is 5.49. The van der Waals surface area contributed by atoms with Crippen molar-refractivity contribution < 1.29 is 33.4 Å². The fourth-order valence-corrected chi connectivity index (χ4v) is 2.60. The average Bonchev–Trinajstić information content (AvgIpc) is 2.94. The number of carbonyl (C=O) groups is 5. The highest BCUT2D eigenvalue weighted by Gasteiger charge is 2.10. The summed E-state index contributed by atoms with van der Waals surface area (Å²) in [6.07, 6.45) is 4.08. The second-order valence-corrected chi connectivity index (χ2v) is 10.1. The molecule has 42 heavy (non-hydrogen) atoms. The molecule has 1 unspecified atom stereocenters. The number of nitrogens with two attached hydrogens (primary N) is 1. The lowest BCUT2D eigenvalue weighted by Gasteiger charge is -2.17. The summed E-state index contributed by atoms with van der Waals surface area (Å²) in [5.74, 6) is -0.139. The molecular weight excluding hydrogens is 542 g/mol. The zero-order chi connectivity index (χ0) is 32.3. The number of nitrogens with one attached hydrogen (secondary N) is 4. The van der Waals surface area contributed by atoms with Gasteiger partial charge < -0.3 is 36.5 Å². The first-order valence-electron chi connectivity index (χ1n) is 14.5. The quantitative estimate of drug-likeness (QED) is 0.104. The highest BCUT2D eigenvalue weighted by Crippen LogP contribution is 2.11. The summed E-state index contributed by atoms with van der Waals surface area (Å²) in [4.78, 5) is 54.0. The maximum absolute atomic E-state index is 11.4. The molecule has 0 radical (unpaired) electrons. The van der Waals surface area contributed by atoms with Gasteiger partial charge in [0.15, 0.2) is 0 Å². The van der Waals surface area contributed by atoms with Crippen LogP contribution in [0.3, 0.4) is 0 Å². The van der Waals surface area contributed by atoms with E-state index in [1.54, 1.807) is 38.1 Å². The molecule has 0 spiro atoms. The Labute approximate surface area is 251 Å². The molecule has 0 saturated heterocycles. The number of hydrogen-bond acceptors (Lipinski definition) is 7. The molecule has 0 aliphatic rings. The van der Waals surface area contributed by atoms with Crippen molar-refractivity contribution in [2.75, 3.05) is 31.6 Å². The first-order valence-corrected chi connectivity index (χ1v) is 14.5. The summed E-state index contributed by atoms with van der Waals surface area (Å²) in [5, 5.41) is 10.3. The Morgan fingerprint density at radius 3 is 2.05 bits per heavy atom.